The van der Waals surface area contributed by atoms with Crippen LogP contribution in [0, 0.1) is 5.92 Å². The van der Waals surface area contributed by atoms with Crippen molar-refractivity contribution in [2.75, 3.05) is 12.3 Å². The van der Waals surface area contributed by atoms with Gasteiger partial charge in [0.15, 0.2) is 0 Å². The second-order valence-electron chi connectivity index (χ2n) is 6.01. The summed E-state index contributed by atoms with van der Waals surface area (Å²) in [7, 11) is -1.16. The molecule has 0 amide bonds. The largest absolute Gasteiger partial charge is 0.491 e. The Labute approximate surface area is 145 Å². The van der Waals surface area contributed by atoms with Gasteiger partial charge < -0.3 is 25.3 Å². The Kier molecular flexibility index (Phi) is 5.19. The van der Waals surface area contributed by atoms with Gasteiger partial charge in [-0.25, -0.2) is 4.79 Å². The number of nitrogen functional groups attached to an aromatic ring is 1. The van der Waals surface area contributed by atoms with Gasteiger partial charge in [-0.15, -0.1) is 0 Å². The second-order valence-corrected chi connectivity index (χ2v) is 6.01. The number of nitrogens with zero attached hydrogens (tertiary/aromatic N) is 2. The van der Waals surface area contributed by atoms with E-state index in [0.717, 1.165) is 0 Å². The maximum Gasteiger partial charge on any atom is 0.491 e. The molecule has 0 spiro atoms. The number of anilines is 1. The molecule has 2 aromatic rings. The molecule has 25 heavy (non-hydrogen) atoms. The molecule has 4 unspecified atom stereocenters. The molecule has 0 saturated carbocycles. The Bertz CT molecular complexity index is 772. The third-order valence-corrected chi connectivity index (χ3v) is 4.33. The lowest BCUT2D eigenvalue weighted by Gasteiger charge is -2.23. The average Bonchev–Trinajstić information content (AvgIpc) is 2.92. The van der Waals surface area contributed by atoms with Gasteiger partial charge in [-0.2, -0.15) is 4.98 Å². The van der Waals surface area contributed by atoms with E-state index in [0.29, 0.717) is 5.46 Å². The summed E-state index contributed by atoms with van der Waals surface area (Å²) in [5, 5.41) is 19.9. The predicted octanol–water partition coefficient (Wildman–Crippen LogP) is -0.876. The van der Waals surface area contributed by atoms with Gasteiger partial charge in [-0.1, -0.05) is 37.3 Å². The first kappa shape index (κ1) is 17.6. The average molecular weight is 345 g/mol. The van der Waals surface area contributed by atoms with E-state index in [4.69, 9.17) is 15.1 Å². The summed E-state index contributed by atoms with van der Waals surface area (Å²) in [4.78, 5) is 15.7. The van der Waals surface area contributed by atoms with Crippen LogP contribution in [0.3, 0.4) is 0 Å². The minimum absolute atomic E-state index is 0.123. The number of aliphatic hydroxyl groups is 1. The number of hydrogen-bond donors (Lipinski definition) is 3. The van der Waals surface area contributed by atoms with Crippen molar-refractivity contribution < 1.29 is 19.5 Å². The maximum absolute atomic E-state index is 12.1. The summed E-state index contributed by atoms with van der Waals surface area (Å²) < 4.78 is 12.8. The molecule has 1 aliphatic heterocycles. The van der Waals surface area contributed by atoms with Crippen LogP contribution in [-0.2, 0) is 9.39 Å². The monoisotopic (exact) mass is 345 g/mol. The minimum Gasteiger partial charge on any atom is -0.423 e. The molecule has 1 aromatic heterocycles. The molecule has 4 atom stereocenters. The first-order chi connectivity index (χ1) is 12.0. The summed E-state index contributed by atoms with van der Waals surface area (Å²) in [6.07, 6.45) is -0.459. The maximum atomic E-state index is 12.1. The molecule has 0 bridgehead atoms. The number of aliphatic hydroxyl groups excluding tert-OH is 1. The molecule has 1 aromatic carbocycles. The third kappa shape index (κ3) is 3.59. The number of aromatic nitrogens is 2. The van der Waals surface area contributed by atoms with Gasteiger partial charge in [0.2, 0.25) is 0 Å². The van der Waals surface area contributed by atoms with E-state index in [9.17, 15) is 14.9 Å². The Hall–Kier alpha value is -2.20. The predicted molar refractivity (Wildman–Crippen MR) is 92.0 cm³/mol. The summed E-state index contributed by atoms with van der Waals surface area (Å²) in [6.45, 7) is 1.52. The molecule has 8 nitrogen and oxygen atoms in total. The van der Waals surface area contributed by atoms with Crippen LogP contribution in [-0.4, -0.2) is 45.6 Å². The zero-order valence-electron chi connectivity index (χ0n) is 13.7. The highest BCUT2D eigenvalue weighted by molar-refractivity contribution is 6.60. The summed E-state index contributed by atoms with van der Waals surface area (Å²) in [5.41, 5.74) is 5.56. The summed E-state index contributed by atoms with van der Waals surface area (Å²) in [5.74, 6) is -0.184. The van der Waals surface area contributed by atoms with Crippen molar-refractivity contribution in [2.45, 2.75) is 25.4 Å². The van der Waals surface area contributed by atoms with E-state index in [1.54, 1.807) is 24.3 Å². The van der Waals surface area contributed by atoms with Gasteiger partial charge in [0.25, 0.3) is 0 Å². The van der Waals surface area contributed by atoms with Crippen LogP contribution in [0.1, 0.15) is 13.2 Å². The third-order valence-electron chi connectivity index (χ3n) is 4.33. The van der Waals surface area contributed by atoms with E-state index < -0.39 is 31.2 Å². The molecule has 0 radical (unpaired) electrons. The first-order valence-electron chi connectivity index (χ1n) is 8.00. The van der Waals surface area contributed by atoms with Gasteiger partial charge in [-0.05, 0) is 11.5 Å². The van der Waals surface area contributed by atoms with Crippen molar-refractivity contribution in [2.24, 2.45) is 5.92 Å². The highest BCUT2D eigenvalue weighted by atomic mass is 16.6. The van der Waals surface area contributed by atoms with Crippen LogP contribution in [0.2, 0.25) is 0 Å². The number of ether oxygens (including phenoxy) is 1. The Morgan fingerprint density at radius 3 is 2.72 bits per heavy atom. The Morgan fingerprint density at radius 2 is 2.08 bits per heavy atom. The van der Waals surface area contributed by atoms with Crippen LogP contribution in [0.4, 0.5) is 5.82 Å². The summed E-state index contributed by atoms with van der Waals surface area (Å²) >= 11 is 0. The van der Waals surface area contributed by atoms with Crippen LogP contribution >= 0.6 is 0 Å². The summed E-state index contributed by atoms with van der Waals surface area (Å²) in [6, 6.07) is 10.4. The Morgan fingerprint density at radius 1 is 1.36 bits per heavy atom. The topological polar surface area (TPSA) is 120 Å². The lowest BCUT2D eigenvalue weighted by molar-refractivity contribution is -0.0461. The molecule has 1 saturated heterocycles. The van der Waals surface area contributed by atoms with Crippen molar-refractivity contribution in [1.82, 2.24) is 9.55 Å². The Balaban J connectivity index is 1.81. The van der Waals surface area contributed by atoms with Crippen LogP contribution in [0.25, 0.3) is 0 Å². The molecule has 3 rings (SSSR count). The molecular formula is C16H20BN3O5. The van der Waals surface area contributed by atoms with Gasteiger partial charge in [0.05, 0.1) is 12.7 Å². The van der Waals surface area contributed by atoms with Crippen molar-refractivity contribution in [3.63, 3.8) is 0 Å². The standard InChI is InChI=1S/C16H20BN3O5/c1-10-14(25-17(23)11-5-3-2-4-6-11)12(9-21)24-15(10)20-8-7-13(18)19-16(20)22/h2-8,10,12,14-15,21,23H,9H2,1H3,(H2,18,19,22). The van der Waals surface area contributed by atoms with Gasteiger partial charge >= 0.3 is 12.8 Å². The molecule has 1 aliphatic rings. The van der Waals surface area contributed by atoms with Crippen molar-refractivity contribution in [1.29, 1.82) is 0 Å². The number of nitrogens with two attached hydrogens (primary N) is 1. The lowest BCUT2D eigenvalue weighted by Crippen LogP contribution is -2.43. The van der Waals surface area contributed by atoms with E-state index in [1.165, 1.54) is 16.8 Å². The highest BCUT2D eigenvalue weighted by Crippen LogP contribution is 2.35. The van der Waals surface area contributed by atoms with Crippen LogP contribution < -0.4 is 16.9 Å². The molecular weight excluding hydrogens is 325 g/mol. The zero-order valence-corrected chi connectivity index (χ0v) is 13.7. The SMILES string of the molecule is CC1C(OB(O)c2ccccc2)C(CO)OC1n1ccc(N)nc1=O. The van der Waals surface area contributed by atoms with Gasteiger partial charge in [0, 0.05) is 12.1 Å². The van der Waals surface area contributed by atoms with Crippen molar-refractivity contribution >= 4 is 18.4 Å². The van der Waals surface area contributed by atoms with Crippen molar-refractivity contribution in [3.05, 3.63) is 53.1 Å². The fraction of sp³-hybridized carbons (Fsp3) is 0.375. The van der Waals surface area contributed by atoms with Gasteiger partial charge in [-0.3, -0.25) is 4.57 Å². The molecule has 2 heterocycles. The fourth-order valence-corrected chi connectivity index (χ4v) is 3.02. The zero-order chi connectivity index (χ0) is 18.0. The van der Waals surface area contributed by atoms with E-state index in [1.807, 2.05) is 13.0 Å². The minimum atomic E-state index is -1.16. The lowest BCUT2D eigenvalue weighted by atomic mass is 9.78. The highest BCUT2D eigenvalue weighted by Gasteiger charge is 2.45. The molecule has 4 N–H and O–H groups in total. The van der Waals surface area contributed by atoms with Crippen LogP contribution in [0.5, 0.6) is 0 Å². The van der Waals surface area contributed by atoms with E-state index >= 15 is 0 Å². The molecule has 9 heteroatoms. The number of benzene rings is 1. The number of rotatable bonds is 5. The fourth-order valence-electron chi connectivity index (χ4n) is 3.02. The van der Waals surface area contributed by atoms with E-state index in [2.05, 4.69) is 4.98 Å². The molecule has 0 aliphatic carbocycles. The second kappa shape index (κ2) is 7.36. The quantitative estimate of drug-likeness (QED) is 0.602. The first-order valence-corrected chi connectivity index (χ1v) is 8.00. The van der Waals surface area contributed by atoms with Crippen LogP contribution in [0.15, 0.2) is 47.4 Å². The molecule has 132 valence electrons. The van der Waals surface area contributed by atoms with Gasteiger partial charge in [0.1, 0.15) is 18.1 Å². The van der Waals surface area contributed by atoms with Crippen molar-refractivity contribution in [3.8, 4) is 0 Å². The molecule has 1 fully saturated rings. The smallest absolute Gasteiger partial charge is 0.423 e. The number of hydrogen-bond acceptors (Lipinski definition) is 7. The normalized spacial score (nSPS) is 25.9. The van der Waals surface area contributed by atoms with E-state index in [-0.39, 0.29) is 18.3 Å².